The first-order valence-electron chi connectivity index (χ1n) is 9.38. The molecule has 0 aromatic heterocycles. The van der Waals surface area contributed by atoms with Gasteiger partial charge in [-0.3, -0.25) is 19.2 Å². The van der Waals surface area contributed by atoms with E-state index in [0.29, 0.717) is 0 Å². The molecule has 0 heterocycles. The zero-order chi connectivity index (χ0) is 23.2. The highest BCUT2D eigenvalue weighted by atomic mass is 16.6. The highest BCUT2D eigenvalue weighted by Gasteiger charge is 2.52. The Morgan fingerprint density at radius 1 is 0.700 bits per heavy atom. The first kappa shape index (κ1) is 25.2. The van der Waals surface area contributed by atoms with Gasteiger partial charge in [-0.15, -0.1) is 0 Å². The molecule has 0 aliphatic heterocycles. The van der Waals surface area contributed by atoms with Crippen LogP contribution < -0.4 is 5.32 Å². The number of rotatable bonds is 5. The van der Waals surface area contributed by atoms with Crippen LogP contribution in [0.3, 0.4) is 0 Å². The van der Waals surface area contributed by atoms with Gasteiger partial charge in [-0.2, -0.15) is 0 Å². The van der Waals surface area contributed by atoms with Crippen molar-refractivity contribution < 1.29 is 47.7 Å². The third kappa shape index (κ3) is 8.26. The number of alkyl carbamates (subject to hydrolysis) is 1. The molecule has 0 radical (unpaired) electrons. The van der Waals surface area contributed by atoms with E-state index in [4.69, 9.17) is 23.7 Å². The van der Waals surface area contributed by atoms with Crippen molar-refractivity contribution in [3.8, 4) is 0 Å². The third-order valence-corrected chi connectivity index (χ3v) is 3.83. The molecule has 1 amide bonds. The predicted molar refractivity (Wildman–Crippen MR) is 100.0 cm³/mol. The highest BCUT2D eigenvalue weighted by molar-refractivity contribution is 5.71. The first-order valence-corrected chi connectivity index (χ1v) is 9.38. The second-order valence-corrected chi connectivity index (χ2v) is 7.85. The van der Waals surface area contributed by atoms with Crippen LogP contribution in [0.4, 0.5) is 4.79 Å². The molecule has 0 saturated heterocycles. The summed E-state index contributed by atoms with van der Waals surface area (Å²) in [7, 11) is 0. The fraction of sp³-hybridized carbons (Fsp3) is 0.737. The molecule has 11 heteroatoms. The minimum Gasteiger partial charge on any atom is -0.460 e. The lowest BCUT2D eigenvalue weighted by Crippen LogP contribution is -2.65. The van der Waals surface area contributed by atoms with Crippen molar-refractivity contribution in [2.45, 2.75) is 90.9 Å². The summed E-state index contributed by atoms with van der Waals surface area (Å²) in [6, 6.07) is -1.14. The van der Waals surface area contributed by atoms with Gasteiger partial charge in [0.05, 0.1) is 0 Å². The van der Waals surface area contributed by atoms with Crippen molar-refractivity contribution in [3.05, 3.63) is 0 Å². The van der Waals surface area contributed by atoms with Crippen molar-refractivity contribution in [3.63, 3.8) is 0 Å². The van der Waals surface area contributed by atoms with E-state index < -0.39 is 66.0 Å². The summed E-state index contributed by atoms with van der Waals surface area (Å²) in [5.74, 6) is -2.83. The molecule has 1 rings (SSSR count). The molecule has 5 atom stereocenters. The lowest BCUT2D eigenvalue weighted by molar-refractivity contribution is -0.205. The number of hydrogen-bond donors (Lipinski definition) is 1. The third-order valence-electron chi connectivity index (χ3n) is 3.83. The molecule has 30 heavy (non-hydrogen) atoms. The molecule has 1 aliphatic carbocycles. The summed E-state index contributed by atoms with van der Waals surface area (Å²) >= 11 is 0. The van der Waals surface area contributed by atoms with Crippen LogP contribution in [0.1, 0.15) is 54.9 Å². The number of esters is 4. The summed E-state index contributed by atoms with van der Waals surface area (Å²) < 4.78 is 26.3. The second kappa shape index (κ2) is 10.3. The van der Waals surface area contributed by atoms with Crippen LogP contribution in [0.25, 0.3) is 0 Å². The Kier molecular flexibility index (Phi) is 8.61. The number of hydrogen-bond acceptors (Lipinski definition) is 10. The molecule has 0 aromatic rings. The van der Waals surface area contributed by atoms with Crippen molar-refractivity contribution in [2.75, 3.05) is 0 Å². The molecule has 170 valence electrons. The fourth-order valence-electron chi connectivity index (χ4n) is 3.09. The maximum Gasteiger partial charge on any atom is 0.408 e. The van der Waals surface area contributed by atoms with Gasteiger partial charge in [-0.25, -0.2) is 4.79 Å². The van der Waals surface area contributed by atoms with E-state index >= 15 is 0 Å². The summed E-state index contributed by atoms with van der Waals surface area (Å²) in [4.78, 5) is 58.9. The molecule has 1 aliphatic rings. The summed E-state index contributed by atoms with van der Waals surface area (Å²) in [6.07, 6.45) is -5.69. The Morgan fingerprint density at radius 2 is 1.13 bits per heavy atom. The van der Waals surface area contributed by atoms with Gasteiger partial charge in [0.15, 0.2) is 12.2 Å². The van der Waals surface area contributed by atoms with Gasteiger partial charge in [0.1, 0.15) is 23.9 Å². The zero-order valence-electron chi connectivity index (χ0n) is 18.2. The molecule has 0 aromatic carbocycles. The quantitative estimate of drug-likeness (QED) is 0.495. The van der Waals surface area contributed by atoms with E-state index in [1.165, 1.54) is 0 Å². The van der Waals surface area contributed by atoms with Crippen LogP contribution in [0, 0.1) is 0 Å². The van der Waals surface area contributed by atoms with Gasteiger partial charge >= 0.3 is 30.0 Å². The van der Waals surface area contributed by atoms with Crippen LogP contribution in [0.2, 0.25) is 0 Å². The van der Waals surface area contributed by atoms with E-state index in [0.717, 1.165) is 27.7 Å². The van der Waals surface area contributed by atoms with E-state index in [1.54, 1.807) is 20.8 Å². The Morgan fingerprint density at radius 3 is 1.57 bits per heavy atom. The van der Waals surface area contributed by atoms with Crippen LogP contribution in [-0.2, 0) is 42.9 Å². The Hall–Kier alpha value is -2.85. The number of amides is 1. The topological polar surface area (TPSA) is 144 Å². The van der Waals surface area contributed by atoms with Gasteiger partial charge in [-0.05, 0) is 20.8 Å². The predicted octanol–water partition coefficient (Wildman–Crippen LogP) is 1.01. The minimum atomic E-state index is -1.32. The van der Waals surface area contributed by atoms with Crippen LogP contribution >= 0.6 is 0 Å². The molecule has 1 N–H and O–H groups in total. The molecule has 1 saturated carbocycles. The minimum absolute atomic E-state index is 0.116. The van der Waals surface area contributed by atoms with E-state index in [2.05, 4.69) is 5.32 Å². The Labute approximate surface area is 174 Å². The monoisotopic (exact) mass is 431 g/mol. The smallest absolute Gasteiger partial charge is 0.408 e. The summed E-state index contributed by atoms with van der Waals surface area (Å²) in [6.45, 7) is 9.51. The van der Waals surface area contributed by atoms with Gasteiger partial charge < -0.3 is 29.0 Å². The average molecular weight is 431 g/mol. The fourth-order valence-corrected chi connectivity index (χ4v) is 3.09. The molecule has 1 fully saturated rings. The number of ether oxygens (including phenoxy) is 5. The molecular formula is C19H29NO10. The standard InChI is InChI=1S/C19H29NO10/c1-9(21)26-13-8-14(27-10(2)22)16(28-11(3)23)17(29-12(4)24)15(13)20-18(25)30-19(5,6)7/h13-17H,8H2,1-7H3,(H,20,25)/t13-,14-,15+,16-,17-/m1/s1. The normalized spacial score (nSPS) is 26.0. The molecule has 0 spiro atoms. The second-order valence-electron chi connectivity index (χ2n) is 7.85. The largest absolute Gasteiger partial charge is 0.460 e. The lowest BCUT2D eigenvalue weighted by Gasteiger charge is -2.44. The molecule has 11 nitrogen and oxygen atoms in total. The zero-order valence-corrected chi connectivity index (χ0v) is 18.2. The Balaban J connectivity index is 3.36. The SMILES string of the molecule is CC(=O)O[C@@H]1[C@@H](NC(=O)OC(C)(C)C)[C@H](OC(C)=O)C[C@@H](OC(C)=O)[C@H]1OC(C)=O. The van der Waals surface area contributed by atoms with Crippen molar-refractivity contribution in [2.24, 2.45) is 0 Å². The van der Waals surface area contributed by atoms with Crippen LogP contribution in [0.5, 0.6) is 0 Å². The van der Waals surface area contributed by atoms with E-state index in [9.17, 15) is 24.0 Å². The summed E-state index contributed by atoms with van der Waals surface area (Å²) in [5, 5.41) is 2.52. The van der Waals surface area contributed by atoms with Crippen LogP contribution in [-0.4, -0.2) is 66.0 Å². The van der Waals surface area contributed by atoms with Crippen molar-refractivity contribution in [1.82, 2.24) is 5.32 Å². The van der Waals surface area contributed by atoms with Gasteiger partial charge in [0.2, 0.25) is 0 Å². The maximum absolute atomic E-state index is 12.4. The van der Waals surface area contributed by atoms with Crippen molar-refractivity contribution in [1.29, 1.82) is 0 Å². The van der Waals surface area contributed by atoms with Crippen LogP contribution in [0.15, 0.2) is 0 Å². The molecule has 0 bridgehead atoms. The maximum atomic E-state index is 12.4. The number of carbonyl (C=O) groups excluding carboxylic acids is 5. The van der Waals surface area contributed by atoms with Gasteiger partial charge in [-0.1, -0.05) is 0 Å². The number of carbonyl (C=O) groups is 5. The average Bonchev–Trinajstić information content (AvgIpc) is 2.50. The molecule has 0 unspecified atom stereocenters. The first-order chi connectivity index (χ1) is 13.7. The lowest BCUT2D eigenvalue weighted by atomic mass is 9.84. The highest BCUT2D eigenvalue weighted by Crippen LogP contribution is 2.30. The van der Waals surface area contributed by atoms with E-state index in [-0.39, 0.29) is 6.42 Å². The van der Waals surface area contributed by atoms with E-state index in [1.807, 2.05) is 0 Å². The van der Waals surface area contributed by atoms with Gasteiger partial charge in [0, 0.05) is 34.1 Å². The molecular weight excluding hydrogens is 402 g/mol. The number of nitrogens with one attached hydrogen (secondary N) is 1. The summed E-state index contributed by atoms with van der Waals surface area (Å²) in [5.41, 5.74) is -0.831. The van der Waals surface area contributed by atoms with Gasteiger partial charge in [0.25, 0.3) is 0 Å². The Bertz CT molecular complexity index is 683. The van der Waals surface area contributed by atoms with Crippen molar-refractivity contribution >= 4 is 30.0 Å².